The van der Waals surface area contributed by atoms with Crippen molar-refractivity contribution in [2.24, 2.45) is 5.73 Å². The van der Waals surface area contributed by atoms with Gasteiger partial charge in [0.2, 0.25) is 0 Å². The van der Waals surface area contributed by atoms with E-state index in [-0.39, 0.29) is 0 Å². The maximum atomic E-state index is 5.41. The summed E-state index contributed by atoms with van der Waals surface area (Å²) in [6.45, 7) is 2.90. The number of benzene rings is 1. The van der Waals surface area contributed by atoms with E-state index in [2.05, 4.69) is 43.3 Å². The number of rotatable bonds is 4. The van der Waals surface area contributed by atoms with Crippen LogP contribution in [0.5, 0.6) is 0 Å². The summed E-state index contributed by atoms with van der Waals surface area (Å²) >= 11 is 0. The summed E-state index contributed by atoms with van der Waals surface area (Å²) in [7, 11) is 0. The lowest BCUT2D eigenvalue weighted by atomic mass is 10.0. The van der Waals surface area contributed by atoms with Crippen LogP contribution in [-0.4, -0.2) is 6.54 Å². The third kappa shape index (κ3) is 3.03. The molecule has 0 unspecified atom stereocenters. The maximum absolute atomic E-state index is 5.41. The summed E-state index contributed by atoms with van der Waals surface area (Å²) in [5.41, 5.74) is 8.13. The second-order valence-electron chi connectivity index (χ2n) is 3.03. The molecule has 0 atom stereocenters. The number of aryl methyl sites for hydroxylation is 1. The molecule has 0 aromatic heterocycles. The molecular formula is C12H17N. The Hall–Kier alpha value is -1.08. The highest BCUT2D eigenvalue weighted by atomic mass is 14.5. The van der Waals surface area contributed by atoms with Gasteiger partial charge in [-0.2, -0.15) is 0 Å². The minimum Gasteiger partial charge on any atom is -0.330 e. The van der Waals surface area contributed by atoms with Gasteiger partial charge in [-0.1, -0.05) is 43.3 Å². The molecule has 0 aliphatic heterocycles. The Kier molecular flexibility index (Phi) is 4.27. The lowest BCUT2D eigenvalue weighted by Crippen LogP contribution is -1.95. The lowest BCUT2D eigenvalue weighted by Gasteiger charge is -2.01. The van der Waals surface area contributed by atoms with Crippen molar-refractivity contribution in [2.45, 2.75) is 19.8 Å². The number of hydrogen-bond donors (Lipinski definition) is 1. The standard InChI is InChI=1S/C12H17N/c1-2-11-7-3-4-8-12(11)9-5-6-10-13/h3-5,7-9H,2,6,10,13H2,1H3. The SMILES string of the molecule is CCc1ccccc1C=CCCN. The monoisotopic (exact) mass is 175 g/mol. The molecule has 0 heterocycles. The van der Waals surface area contributed by atoms with Gasteiger partial charge in [-0.05, 0) is 30.5 Å². The molecule has 70 valence electrons. The van der Waals surface area contributed by atoms with Gasteiger partial charge in [0.25, 0.3) is 0 Å². The van der Waals surface area contributed by atoms with Crippen LogP contribution in [0.3, 0.4) is 0 Å². The van der Waals surface area contributed by atoms with Gasteiger partial charge < -0.3 is 5.73 Å². The predicted octanol–water partition coefficient (Wildman–Crippen LogP) is 2.61. The minimum absolute atomic E-state index is 0.727. The van der Waals surface area contributed by atoms with Crippen molar-refractivity contribution in [3.63, 3.8) is 0 Å². The summed E-state index contributed by atoms with van der Waals surface area (Å²) < 4.78 is 0. The zero-order chi connectivity index (χ0) is 9.52. The lowest BCUT2D eigenvalue weighted by molar-refractivity contribution is 1.01. The molecule has 0 spiro atoms. The van der Waals surface area contributed by atoms with Crippen LogP contribution in [0.25, 0.3) is 6.08 Å². The highest BCUT2D eigenvalue weighted by Crippen LogP contribution is 2.11. The van der Waals surface area contributed by atoms with Crippen LogP contribution in [0.4, 0.5) is 0 Å². The van der Waals surface area contributed by atoms with Gasteiger partial charge in [0.05, 0.1) is 0 Å². The summed E-state index contributed by atoms with van der Waals surface area (Å²) in [6.07, 6.45) is 6.33. The molecule has 13 heavy (non-hydrogen) atoms. The molecule has 1 aromatic rings. The Labute approximate surface area is 80.3 Å². The highest BCUT2D eigenvalue weighted by Gasteiger charge is 1.93. The normalized spacial score (nSPS) is 10.9. The first kappa shape index (κ1) is 10.0. The maximum Gasteiger partial charge on any atom is -0.00425 e. The Balaban J connectivity index is 2.74. The molecule has 0 aliphatic carbocycles. The van der Waals surface area contributed by atoms with E-state index in [1.807, 2.05) is 0 Å². The van der Waals surface area contributed by atoms with E-state index in [0.29, 0.717) is 0 Å². The van der Waals surface area contributed by atoms with E-state index >= 15 is 0 Å². The van der Waals surface area contributed by atoms with Gasteiger partial charge >= 0.3 is 0 Å². The number of nitrogens with two attached hydrogens (primary N) is 1. The van der Waals surface area contributed by atoms with E-state index in [1.165, 1.54) is 11.1 Å². The molecule has 0 saturated heterocycles. The van der Waals surface area contributed by atoms with Crippen LogP contribution in [-0.2, 0) is 6.42 Å². The Morgan fingerprint density at radius 3 is 2.77 bits per heavy atom. The summed E-state index contributed by atoms with van der Waals surface area (Å²) in [5.74, 6) is 0. The molecule has 1 aromatic carbocycles. The third-order valence-electron chi connectivity index (χ3n) is 2.07. The van der Waals surface area contributed by atoms with E-state index in [1.54, 1.807) is 0 Å². The van der Waals surface area contributed by atoms with Gasteiger partial charge in [0, 0.05) is 0 Å². The molecule has 1 nitrogen and oxygen atoms in total. The first-order valence-electron chi connectivity index (χ1n) is 4.83. The molecule has 0 amide bonds. The molecule has 1 heteroatoms. The highest BCUT2D eigenvalue weighted by molar-refractivity contribution is 5.53. The van der Waals surface area contributed by atoms with Gasteiger partial charge in [-0.15, -0.1) is 0 Å². The van der Waals surface area contributed by atoms with Crippen molar-refractivity contribution >= 4 is 6.08 Å². The third-order valence-corrected chi connectivity index (χ3v) is 2.07. The second kappa shape index (κ2) is 5.55. The molecule has 2 N–H and O–H groups in total. The Bertz CT molecular complexity index is 276. The summed E-state index contributed by atoms with van der Waals surface area (Å²) in [4.78, 5) is 0. The van der Waals surface area contributed by atoms with Crippen LogP contribution >= 0.6 is 0 Å². The van der Waals surface area contributed by atoms with E-state index in [0.717, 1.165) is 19.4 Å². The average Bonchev–Trinajstić information content (AvgIpc) is 2.19. The summed E-state index contributed by atoms with van der Waals surface area (Å²) in [5, 5.41) is 0. The fourth-order valence-corrected chi connectivity index (χ4v) is 1.33. The van der Waals surface area contributed by atoms with Crippen molar-refractivity contribution in [1.82, 2.24) is 0 Å². The molecule has 0 aliphatic rings. The second-order valence-corrected chi connectivity index (χ2v) is 3.03. The summed E-state index contributed by atoms with van der Waals surface area (Å²) in [6, 6.07) is 8.47. The van der Waals surface area contributed by atoms with Gasteiger partial charge in [-0.25, -0.2) is 0 Å². The Morgan fingerprint density at radius 1 is 1.31 bits per heavy atom. The quantitative estimate of drug-likeness (QED) is 0.748. The predicted molar refractivity (Wildman–Crippen MR) is 58.5 cm³/mol. The van der Waals surface area contributed by atoms with Gasteiger partial charge in [-0.3, -0.25) is 0 Å². The van der Waals surface area contributed by atoms with Crippen molar-refractivity contribution in [3.8, 4) is 0 Å². The van der Waals surface area contributed by atoms with Crippen molar-refractivity contribution in [1.29, 1.82) is 0 Å². The zero-order valence-electron chi connectivity index (χ0n) is 8.16. The fourth-order valence-electron chi connectivity index (χ4n) is 1.33. The van der Waals surface area contributed by atoms with Gasteiger partial charge in [0.15, 0.2) is 0 Å². The van der Waals surface area contributed by atoms with Gasteiger partial charge in [0.1, 0.15) is 0 Å². The average molecular weight is 175 g/mol. The molecule has 0 bridgehead atoms. The van der Waals surface area contributed by atoms with Crippen molar-refractivity contribution < 1.29 is 0 Å². The Morgan fingerprint density at radius 2 is 2.08 bits per heavy atom. The molecule has 0 fully saturated rings. The smallest absolute Gasteiger partial charge is 0.00425 e. The largest absolute Gasteiger partial charge is 0.330 e. The topological polar surface area (TPSA) is 26.0 Å². The van der Waals surface area contributed by atoms with E-state index in [9.17, 15) is 0 Å². The van der Waals surface area contributed by atoms with E-state index < -0.39 is 0 Å². The van der Waals surface area contributed by atoms with Crippen LogP contribution in [0.15, 0.2) is 30.3 Å². The first-order valence-corrected chi connectivity index (χ1v) is 4.83. The number of hydrogen-bond acceptors (Lipinski definition) is 1. The molecule has 1 rings (SSSR count). The first-order chi connectivity index (χ1) is 6.38. The minimum atomic E-state index is 0.727. The molecule has 0 saturated carbocycles. The molecular weight excluding hydrogens is 158 g/mol. The van der Waals surface area contributed by atoms with Crippen LogP contribution in [0.1, 0.15) is 24.5 Å². The van der Waals surface area contributed by atoms with Crippen LogP contribution in [0, 0.1) is 0 Å². The van der Waals surface area contributed by atoms with E-state index in [4.69, 9.17) is 5.73 Å². The van der Waals surface area contributed by atoms with Crippen LogP contribution in [0.2, 0.25) is 0 Å². The van der Waals surface area contributed by atoms with Crippen molar-refractivity contribution in [3.05, 3.63) is 41.5 Å². The van der Waals surface area contributed by atoms with Crippen LogP contribution < -0.4 is 5.73 Å². The zero-order valence-corrected chi connectivity index (χ0v) is 8.16. The molecule has 0 radical (unpaired) electrons. The van der Waals surface area contributed by atoms with Crippen molar-refractivity contribution in [2.75, 3.05) is 6.54 Å². The fraction of sp³-hybridized carbons (Fsp3) is 0.333.